The van der Waals surface area contributed by atoms with E-state index in [-0.39, 0.29) is 11.9 Å². The highest BCUT2D eigenvalue weighted by Gasteiger charge is 2.22. The monoisotopic (exact) mass is 295 g/mol. The van der Waals surface area contributed by atoms with Gasteiger partial charge in [0, 0.05) is 18.1 Å². The van der Waals surface area contributed by atoms with Gasteiger partial charge in [0.15, 0.2) is 0 Å². The molecule has 0 aromatic heterocycles. The third-order valence-electron chi connectivity index (χ3n) is 3.24. The van der Waals surface area contributed by atoms with Crippen LogP contribution >= 0.6 is 11.6 Å². The van der Waals surface area contributed by atoms with Crippen LogP contribution in [0.4, 0.5) is 4.79 Å². The summed E-state index contributed by atoms with van der Waals surface area (Å²) in [6, 6.07) is 6.51. The Bertz CT molecular complexity index is 493. The minimum atomic E-state index is -0.455. The average Bonchev–Trinajstić information content (AvgIpc) is 2.63. The first-order chi connectivity index (χ1) is 9.66. The molecule has 6 heteroatoms. The van der Waals surface area contributed by atoms with Gasteiger partial charge in [0.2, 0.25) is 5.91 Å². The van der Waals surface area contributed by atoms with Crippen molar-refractivity contribution in [3.8, 4) is 0 Å². The predicted molar refractivity (Wildman–Crippen MR) is 77.5 cm³/mol. The second-order valence-electron chi connectivity index (χ2n) is 4.76. The highest BCUT2D eigenvalue weighted by Crippen LogP contribution is 2.14. The lowest BCUT2D eigenvalue weighted by Crippen LogP contribution is -2.48. The summed E-state index contributed by atoms with van der Waals surface area (Å²) in [6.07, 6.45) is 2.55. The molecule has 1 saturated heterocycles. The second-order valence-corrected chi connectivity index (χ2v) is 5.17. The van der Waals surface area contributed by atoms with Crippen molar-refractivity contribution in [2.75, 3.05) is 6.54 Å². The van der Waals surface area contributed by atoms with Gasteiger partial charge in [-0.05, 0) is 30.9 Å². The first-order valence-corrected chi connectivity index (χ1v) is 7.10. The van der Waals surface area contributed by atoms with Crippen LogP contribution in [-0.4, -0.2) is 24.5 Å². The summed E-state index contributed by atoms with van der Waals surface area (Å²) in [7, 11) is 0. The summed E-state index contributed by atoms with van der Waals surface area (Å²) in [5, 5.41) is 8.80. The average molecular weight is 296 g/mol. The zero-order valence-corrected chi connectivity index (χ0v) is 11.9. The van der Waals surface area contributed by atoms with Crippen LogP contribution in [0.3, 0.4) is 0 Å². The van der Waals surface area contributed by atoms with Gasteiger partial charge in [0.05, 0.1) is 0 Å². The third kappa shape index (κ3) is 4.13. The van der Waals surface area contributed by atoms with Crippen LogP contribution in [0.1, 0.15) is 24.8 Å². The van der Waals surface area contributed by atoms with E-state index in [1.165, 1.54) is 0 Å². The normalized spacial score (nSPS) is 18.9. The molecule has 1 aromatic rings. The molecule has 108 valence electrons. The predicted octanol–water partition coefficient (Wildman–Crippen LogP) is 1.81. The summed E-state index contributed by atoms with van der Waals surface area (Å²) < 4.78 is 0. The number of urea groups is 1. The Hall–Kier alpha value is -1.75. The molecule has 0 bridgehead atoms. The molecule has 20 heavy (non-hydrogen) atoms. The second kappa shape index (κ2) is 7.14. The summed E-state index contributed by atoms with van der Waals surface area (Å²) >= 11 is 6.01. The minimum absolute atomic E-state index is 0.115. The SMILES string of the molecule is O=C(NCc1ccccc1Cl)N[C@@H]1CCCCNC1=O. The van der Waals surface area contributed by atoms with Gasteiger partial charge in [0.1, 0.15) is 6.04 Å². The molecule has 1 aromatic carbocycles. The highest BCUT2D eigenvalue weighted by atomic mass is 35.5. The highest BCUT2D eigenvalue weighted by molar-refractivity contribution is 6.31. The zero-order valence-electron chi connectivity index (χ0n) is 11.1. The van der Waals surface area contributed by atoms with Crippen LogP contribution < -0.4 is 16.0 Å². The van der Waals surface area contributed by atoms with Crippen molar-refractivity contribution in [3.05, 3.63) is 34.9 Å². The van der Waals surface area contributed by atoms with Gasteiger partial charge in [0.25, 0.3) is 0 Å². The Morgan fingerprint density at radius 1 is 1.35 bits per heavy atom. The van der Waals surface area contributed by atoms with E-state index < -0.39 is 6.04 Å². The van der Waals surface area contributed by atoms with Crippen molar-refractivity contribution in [1.82, 2.24) is 16.0 Å². The van der Waals surface area contributed by atoms with Crippen LogP contribution in [0, 0.1) is 0 Å². The molecule has 1 heterocycles. The van der Waals surface area contributed by atoms with Gasteiger partial charge in [-0.1, -0.05) is 29.8 Å². The van der Waals surface area contributed by atoms with Crippen molar-refractivity contribution in [2.45, 2.75) is 31.8 Å². The maximum atomic E-state index is 11.8. The Morgan fingerprint density at radius 3 is 2.95 bits per heavy atom. The largest absolute Gasteiger partial charge is 0.354 e. The number of amides is 3. The number of carbonyl (C=O) groups is 2. The summed E-state index contributed by atoms with van der Waals surface area (Å²) in [6.45, 7) is 1.01. The number of benzene rings is 1. The fourth-order valence-corrected chi connectivity index (χ4v) is 2.31. The molecule has 3 amide bonds. The van der Waals surface area contributed by atoms with Crippen LogP contribution in [0.25, 0.3) is 0 Å². The van der Waals surface area contributed by atoms with Gasteiger partial charge < -0.3 is 16.0 Å². The molecule has 5 nitrogen and oxygen atoms in total. The smallest absolute Gasteiger partial charge is 0.315 e. The van der Waals surface area contributed by atoms with Gasteiger partial charge in [-0.3, -0.25) is 4.79 Å². The van der Waals surface area contributed by atoms with E-state index in [4.69, 9.17) is 11.6 Å². The summed E-state index contributed by atoms with van der Waals surface area (Å²) in [5.41, 5.74) is 0.842. The Kier molecular flexibility index (Phi) is 5.24. The molecular weight excluding hydrogens is 278 g/mol. The van der Waals surface area contributed by atoms with E-state index in [9.17, 15) is 9.59 Å². The number of halogens is 1. The number of carbonyl (C=O) groups excluding carboxylic acids is 2. The van der Waals surface area contributed by atoms with Crippen molar-refractivity contribution >= 4 is 23.5 Å². The maximum Gasteiger partial charge on any atom is 0.315 e. The lowest BCUT2D eigenvalue weighted by Gasteiger charge is -2.16. The molecule has 0 saturated carbocycles. The van der Waals surface area contributed by atoms with E-state index >= 15 is 0 Å². The molecule has 0 aliphatic carbocycles. The molecule has 1 fully saturated rings. The molecular formula is C14H18ClN3O2. The molecule has 3 N–H and O–H groups in total. The molecule has 2 rings (SSSR count). The van der Waals surface area contributed by atoms with Gasteiger partial charge in [-0.2, -0.15) is 0 Å². The summed E-state index contributed by atoms with van der Waals surface area (Å²) in [4.78, 5) is 23.5. The van der Waals surface area contributed by atoms with E-state index in [1.807, 2.05) is 18.2 Å². The van der Waals surface area contributed by atoms with Crippen LogP contribution in [0.15, 0.2) is 24.3 Å². The quantitative estimate of drug-likeness (QED) is 0.796. The van der Waals surface area contributed by atoms with Crippen molar-refractivity contribution in [2.24, 2.45) is 0 Å². The first-order valence-electron chi connectivity index (χ1n) is 6.72. The standard InChI is InChI=1S/C14H18ClN3O2/c15-11-6-2-1-5-10(11)9-17-14(20)18-12-7-3-4-8-16-13(12)19/h1-2,5-6,12H,3-4,7-9H2,(H,16,19)(H2,17,18,20)/t12-/m1/s1. The fraction of sp³-hybridized carbons (Fsp3) is 0.429. The topological polar surface area (TPSA) is 70.2 Å². The Balaban J connectivity index is 1.83. The lowest BCUT2D eigenvalue weighted by molar-refractivity contribution is -0.122. The van der Waals surface area contributed by atoms with Crippen molar-refractivity contribution in [3.63, 3.8) is 0 Å². The number of hydrogen-bond donors (Lipinski definition) is 3. The van der Waals surface area contributed by atoms with Gasteiger partial charge in [-0.25, -0.2) is 4.79 Å². The minimum Gasteiger partial charge on any atom is -0.354 e. The molecule has 0 radical (unpaired) electrons. The van der Waals surface area contributed by atoms with Gasteiger partial charge >= 0.3 is 6.03 Å². The molecule has 1 aliphatic rings. The van der Waals surface area contributed by atoms with Crippen LogP contribution in [0.5, 0.6) is 0 Å². The summed E-state index contributed by atoms with van der Waals surface area (Å²) in [5.74, 6) is -0.115. The van der Waals surface area contributed by atoms with E-state index in [0.717, 1.165) is 18.4 Å². The van der Waals surface area contributed by atoms with Gasteiger partial charge in [-0.15, -0.1) is 0 Å². The Morgan fingerprint density at radius 2 is 2.15 bits per heavy atom. The zero-order chi connectivity index (χ0) is 14.4. The lowest BCUT2D eigenvalue weighted by atomic mass is 10.1. The van der Waals surface area contributed by atoms with E-state index in [0.29, 0.717) is 24.5 Å². The van der Waals surface area contributed by atoms with Crippen molar-refractivity contribution < 1.29 is 9.59 Å². The number of nitrogens with one attached hydrogen (secondary N) is 3. The van der Waals surface area contributed by atoms with E-state index in [2.05, 4.69) is 16.0 Å². The number of hydrogen-bond acceptors (Lipinski definition) is 2. The third-order valence-corrected chi connectivity index (χ3v) is 3.61. The van der Waals surface area contributed by atoms with Crippen LogP contribution in [0.2, 0.25) is 5.02 Å². The molecule has 1 aliphatic heterocycles. The Labute approximate surface area is 123 Å². The van der Waals surface area contributed by atoms with Crippen molar-refractivity contribution in [1.29, 1.82) is 0 Å². The maximum absolute atomic E-state index is 11.8. The molecule has 0 spiro atoms. The number of rotatable bonds is 3. The van der Waals surface area contributed by atoms with Crippen LogP contribution in [-0.2, 0) is 11.3 Å². The van der Waals surface area contributed by atoms with E-state index in [1.54, 1.807) is 6.07 Å². The molecule has 0 unspecified atom stereocenters. The first kappa shape index (κ1) is 14.7. The fourth-order valence-electron chi connectivity index (χ4n) is 2.10. The molecule has 1 atom stereocenters.